The van der Waals surface area contributed by atoms with Gasteiger partial charge >= 0.3 is 0 Å². The number of ether oxygens (including phenoxy) is 2. The van der Waals surface area contributed by atoms with Gasteiger partial charge in [0, 0.05) is 11.8 Å². The average Bonchev–Trinajstić information content (AvgIpc) is 2.51. The Morgan fingerprint density at radius 1 is 1.05 bits per heavy atom. The highest BCUT2D eigenvalue weighted by molar-refractivity contribution is 5.95. The summed E-state index contributed by atoms with van der Waals surface area (Å²) in [7, 11) is 1.59. The molecule has 0 aromatic heterocycles. The molecule has 1 atom stereocenters. The minimum absolute atomic E-state index is 0.180. The fourth-order valence-corrected chi connectivity index (χ4v) is 2.17. The zero-order chi connectivity index (χ0) is 16.1. The molecule has 0 saturated carbocycles. The van der Waals surface area contributed by atoms with E-state index in [1.807, 2.05) is 44.2 Å². The van der Waals surface area contributed by atoms with Crippen molar-refractivity contribution >= 4 is 11.6 Å². The van der Waals surface area contributed by atoms with Crippen molar-refractivity contribution in [2.75, 3.05) is 12.4 Å². The van der Waals surface area contributed by atoms with Gasteiger partial charge in [0.05, 0.1) is 7.11 Å². The Balaban J connectivity index is 2.06. The van der Waals surface area contributed by atoms with Gasteiger partial charge in [0.1, 0.15) is 11.5 Å². The monoisotopic (exact) mass is 299 g/mol. The van der Waals surface area contributed by atoms with Crippen molar-refractivity contribution in [2.24, 2.45) is 0 Å². The van der Waals surface area contributed by atoms with E-state index in [1.165, 1.54) is 0 Å². The number of hydrogen-bond donors (Lipinski definition) is 1. The quantitative estimate of drug-likeness (QED) is 0.915. The van der Waals surface area contributed by atoms with Gasteiger partial charge in [-0.1, -0.05) is 24.3 Å². The number of nitrogens with one attached hydrogen (secondary N) is 1. The normalized spacial score (nSPS) is 11.6. The molecule has 2 aromatic rings. The molecule has 0 fully saturated rings. The van der Waals surface area contributed by atoms with Crippen molar-refractivity contribution in [3.63, 3.8) is 0 Å². The second kappa shape index (κ2) is 6.98. The summed E-state index contributed by atoms with van der Waals surface area (Å²) in [6.07, 6.45) is -0.605. The smallest absolute Gasteiger partial charge is 0.265 e. The molecule has 0 bridgehead atoms. The lowest BCUT2D eigenvalue weighted by molar-refractivity contribution is -0.122. The Hall–Kier alpha value is -2.49. The number of anilines is 1. The molecule has 0 heterocycles. The van der Waals surface area contributed by atoms with Gasteiger partial charge in [0.2, 0.25) is 0 Å². The number of carbonyl (C=O) groups excluding carboxylic acids is 1. The number of carbonyl (C=O) groups is 1. The number of benzene rings is 2. The van der Waals surface area contributed by atoms with E-state index in [4.69, 9.17) is 9.47 Å². The standard InChI is InChI=1S/C18H21NO3/c1-12-7-5-8-13(2)17(12)19-18(20)14(3)22-16-10-6-9-15(11-16)21-4/h5-11,14H,1-4H3,(H,19,20). The lowest BCUT2D eigenvalue weighted by atomic mass is 10.1. The summed E-state index contributed by atoms with van der Waals surface area (Å²) in [5.41, 5.74) is 2.90. The van der Waals surface area contributed by atoms with Gasteiger partial charge in [0.25, 0.3) is 5.91 Å². The maximum absolute atomic E-state index is 12.3. The minimum atomic E-state index is -0.605. The lowest BCUT2D eigenvalue weighted by Gasteiger charge is -2.17. The molecule has 0 saturated heterocycles. The first-order chi connectivity index (χ1) is 10.5. The summed E-state index contributed by atoms with van der Waals surface area (Å²) in [5.74, 6) is 1.11. The highest BCUT2D eigenvalue weighted by Gasteiger charge is 2.16. The van der Waals surface area contributed by atoms with Crippen LogP contribution in [0.25, 0.3) is 0 Å². The zero-order valence-corrected chi connectivity index (χ0v) is 13.3. The second-order valence-corrected chi connectivity index (χ2v) is 5.20. The van der Waals surface area contributed by atoms with E-state index in [-0.39, 0.29) is 5.91 Å². The number of para-hydroxylation sites is 1. The van der Waals surface area contributed by atoms with Crippen LogP contribution in [0.3, 0.4) is 0 Å². The topological polar surface area (TPSA) is 47.6 Å². The molecule has 22 heavy (non-hydrogen) atoms. The van der Waals surface area contributed by atoms with Gasteiger partial charge in [-0.3, -0.25) is 4.79 Å². The predicted octanol–water partition coefficient (Wildman–Crippen LogP) is 3.72. The third-order valence-electron chi connectivity index (χ3n) is 3.45. The molecule has 2 rings (SSSR count). The van der Waals surface area contributed by atoms with Crippen molar-refractivity contribution in [3.05, 3.63) is 53.6 Å². The van der Waals surface area contributed by atoms with Crippen molar-refractivity contribution < 1.29 is 14.3 Å². The Morgan fingerprint density at radius 3 is 2.27 bits per heavy atom. The molecule has 1 unspecified atom stereocenters. The van der Waals surface area contributed by atoms with Crippen LogP contribution in [-0.4, -0.2) is 19.1 Å². The lowest BCUT2D eigenvalue weighted by Crippen LogP contribution is -2.30. The molecule has 2 aromatic carbocycles. The maximum atomic E-state index is 12.3. The zero-order valence-electron chi connectivity index (χ0n) is 13.3. The van der Waals surface area contributed by atoms with Crippen molar-refractivity contribution in [1.29, 1.82) is 0 Å². The minimum Gasteiger partial charge on any atom is -0.497 e. The van der Waals surface area contributed by atoms with Gasteiger partial charge in [-0.25, -0.2) is 0 Å². The van der Waals surface area contributed by atoms with Crippen LogP contribution >= 0.6 is 0 Å². The van der Waals surface area contributed by atoms with E-state index in [2.05, 4.69) is 5.32 Å². The number of aryl methyl sites for hydroxylation is 2. The molecule has 4 nitrogen and oxygen atoms in total. The molecule has 116 valence electrons. The first kappa shape index (κ1) is 15.9. The van der Waals surface area contributed by atoms with E-state index >= 15 is 0 Å². The predicted molar refractivity (Wildman–Crippen MR) is 87.6 cm³/mol. The molecule has 1 N–H and O–H groups in total. The van der Waals surface area contributed by atoms with Crippen molar-refractivity contribution in [1.82, 2.24) is 0 Å². The van der Waals surface area contributed by atoms with Crippen LogP contribution in [0.15, 0.2) is 42.5 Å². The first-order valence-corrected chi connectivity index (χ1v) is 7.19. The summed E-state index contributed by atoms with van der Waals surface area (Å²) in [6.45, 7) is 5.66. The van der Waals surface area contributed by atoms with Gasteiger partial charge in [0.15, 0.2) is 6.10 Å². The van der Waals surface area contributed by atoms with Gasteiger partial charge in [-0.15, -0.1) is 0 Å². The van der Waals surface area contributed by atoms with Crippen LogP contribution in [0.5, 0.6) is 11.5 Å². The summed E-state index contributed by atoms with van der Waals surface area (Å²) in [5, 5.41) is 2.93. The van der Waals surface area contributed by atoms with E-state index in [0.717, 1.165) is 16.8 Å². The van der Waals surface area contributed by atoms with E-state index in [1.54, 1.807) is 26.2 Å². The van der Waals surface area contributed by atoms with E-state index in [9.17, 15) is 4.79 Å². The SMILES string of the molecule is COc1cccc(OC(C)C(=O)Nc2c(C)cccc2C)c1. The third-order valence-corrected chi connectivity index (χ3v) is 3.45. The van der Waals surface area contributed by atoms with E-state index in [0.29, 0.717) is 11.5 Å². The van der Waals surface area contributed by atoms with E-state index < -0.39 is 6.10 Å². The molecule has 0 spiro atoms. The number of methoxy groups -OCH3 is 1. The van der Waals surface area contributed by atoms with Crippen LogP contribution in [0.4, 0.5) is 5.69 Å². The van der Waals surface area contributed by atoms with Crippen LogP contribution in [0.1, 0.15) is 18.1 Å². The Morgan fingerprint density at radius 2 is 1.64 bits per heavy atom. The molecular weight excluding hydrogens is 278 g/mol. The summed E-state index contributed by atoms with van der Waals surface area (Å²) in [6, 6.07) is 13.1. The summed E-state index contributed by atoms with van der Waals surface area (Å²) in [4.78, 5) is 12.3. The fraction of sp³-hybridized carbons (Fsp3) is 0.278. The Bertz CT molecular complexity index is 647. The van der Waals surface area contributed by atoms with Crippen LogP contribution in [-0.2, 0) is 4.79 Å². The number of rotatable bonds is 5. The average molecular weight is 299 g/mol. The molecule has 4 heteroatoms. The molecule has 1 amide bonds. The Labute approximate surface area is 131 Å². The molecule has 0 radical (unpaired) electrons. The van der Waals surface area contributed by atoms with Gasteiger partial charge in [-0.2, -0.15) is 0 Å². The first-order valence-electron chi connectivity index (χ1n) is 7.19. The van der Waals surface area contributed by atoms with Crippen molar-refractivity contribution in [2.45, 2.75) is 26.9 Å². The molecule has 0 aliphatic heterocycles. The second-order valence-electron chi connectivity index (χ2n) is 5.20. The summed E-state index contributed by atoms with van der Waals surface area (Å²) >= 11 is 0. The highest BCUT2D eigenvalue weighted by Crippen LogP contribution is 2.22. The molecule has 0 aliphatic rings. The Kier molecular flexibility index (Phi) is 5.04. The third kappa shape index (κ3) is 3.79. The number of amides is 1. The summed E-state index contributed by atoms with van der Waals surface area (Å²) < 4.78 is 10.8. The van der Waals surface area contributed by atoms with Gasteiger partial charge < -0.3 is 14.8 Å². The maximum Gasteiger partial charge on any atom is 0.265 e. The van der Waals surface area contributed by atoms with Crippen LogP contribution in [0, 0.1) is 13.8 Å². The van der Waals surface area contributed by atoms with Gasteiger partial charge in [-0.05, 0) is 44.0 Å². The largest absolute Gasteiger partial charge is 0.497 e. The van der Waals surface area contributed by atoms with Crippen LogP contribution in [0.2, 0.25) is 0 Å². The molecule has 0 aliphatic carbocycles. The van der Waals surface area contributed by atoms with Crippen molar-refractivity contribution in [3.8, 4) is 11.5 Å². The highest BCUT2D eigenvalue weighted by atomic mass is 16.5. The van der Waals surface area contributed by atoms with Crippen LogP contribution < -0.4 is 14.8 Å². The fourth-order valence-electron chi connectivity index (χ4n) is 2.17. The number of hydrogen-bond acceptors (Lipinski definition) is 3. The molecular formula is C18H21NO3.